The van der Waals surface area contributed by atoms with E-state index in [4.69, 9.17) is 16.3 Å². The Morgan fingerprint density at radius 3 is 2.07 bits per heavy atom. The van der Waals surface area contributed by atoms with Crippen molar-refractivity contribution in [3.63, 3.8) is 0 Å². The lowest BCUT2D eigenvalue weighted by molar-refractivity contribution is -0.149. The van der Waals surface area contributed by atoms with Crippen molar-refractivity contribution in [3.8, 4) is 0 Å². The zero-order chi connectivity index (χ0) is 20.7. The highest BCUT2D eigenvalue weighted by Gasteiger charge is 2.26. The van der Waals surface area contributed by atoms with Gasteiger partial charge in [0.25, 0.3) is 5.91 Å². The van der Waals surface area contributed by atoms with Crippen LogP contribution in [0.3, 0.4) is 0 Å². The molecule has 0 saturated carbocycles. The summed E-state index contributed by atoms with van der Waals surface area (Å²) in [5, 5.41) is 3.37. The molecule has 0 bridgehead atoms. The molecule has 2 aromatic rings. The van der Waals surface area contributed by atoms with Gasteiger partial charge in [0.15, 0.2) is 6.61 Å². The van der Waals surface area contributed by atoms with Crippen LogP contribution in [-0.4, -0.2) is 18.5 Å². The fourth-order valence-electron chi connectivity index (χ4n) is 3.02. The first-order chi connectivity index (χ1) is 13.3. The highest BCUT2D eigenvalue weighted by Crippen LogP contribution is 2.27. The van der Waals surface area contributed by atoms with Crippen molar-refractivity contribution in [2.45, 2.75) is 46.0 Å². The SMILES string of the molecule is CC[C@H](C)c1ccc(NC(=O)COC(=O)[C@H](c2ccc(Cl)cc2)C(C)C)cc1. The fourth-order valence-corrected chi connectivity index (χ4v) is 3.14. The quantitative estimate of drug-likeness (QED) is 0.571. The number of carbonyl (C=O) groups excluding carboxylic acids is 2. The normalized spacial score (nSPS) is 13.1. The van der Waals surface area contributed by atoms with E-state index < -0.39 is 11.9 Å². The summed E-state index contributed by atoms with van der Waals surface area (Å²) in [6, 6.07) is 14.9. The number of esters is 1. The maximum absolute atomic E-state index is 12.5. The van der Waals surface area contributed by atoms with Gasteiger partial charge in [-0.25, -0.2) is 0 Å². The molecule has 28 heavy (non-hydrogen) atoms. The van der Waals surface area contributed by atoms with E-state index >= 15 is 0 Å². The van der Waals surface area contributed by atoms with E-state index in [-0.39, 0.29) is 18.4 Å². The molecule has 0 aliphatic rings. The number of rotatable bonds is 8. The summed E-state index contributed by atoms with van der Waals surface area (Å²) in [7, 11) is 0. The van der Waals surface area contributed by atoms with Gasteiger partial charge in [-0.1, -0.05) is 63.6 Å². The van der Waals surface area contributed by atoms with Gasteiger partial charge in [0.2, 0.25) is 0 Å². The van der Waals surface area contributed by atoms with Gasteiger partial charge in [0.05, 0.1) is 5.92 Å². The summed E-state index contributed by atoms with van der Waals surface area (Å²) in [4.78, 5) is 24.7. The molecule has 0 heterocycles. The summed E-state index contributed by atoms with van der Waals surface area (Å²) in [5.41, 5.74) is 2.74. The summed E-state index contributed by atoms with van der Waals surface area (Å²) in [6.07, 6.45) is 1.06. The van der Waals surface area contributed by atoms with Crippen molar-refractivity contribution in [1.29, 1.82) is 0 Å². The van der Waals surface area contributed by atoms with Crippen molar-refractivity contribution in [2.24, 2.45) is 5.92 Å². The highest BCUT2D eigenvalue weighted by atomic mass is 35.5. The molecule has 4 nitrogen and oxygen atoms in total. The average Bonchev–Trinajstić information content (AvgIpc) is 2.68. The van der Waals surface area contributed by atoms with E-state index in [2.05, 4.69) is 19.2 Å². The molecule has 150 valence electrons. The topological polar surface area (TPSA) is 55.4 Å². The van der Waals surface area contributed by atoms with Crippen LogP contribution in [0.2, 0.25) is 5.02 Å². The molecule has 0 aromatic heterocycles. The average molecular weight is 402 g/mol. The minimum absolute atomic E-state index is 0.0323. The third-order valence-electron chi connectivity index (χ3n) is 4.87. The summed E-state index contributed by atoms with van der Waals surface area (Å²) >= 11 is 5.92. The maximum atomic E-state index is 12.5. The van der Waals surface area contributed by atoms with E-state index in [1.165, 1.54) is 5.56 Å². The van der Waals surface area contributed by atoms with Crippen LogP contribution in [0.5, 0.6) is 0 Å². The molecule has 1 amide bonds. The molecule has 0 unspecified atom stereocenters. The standard InChI is InChI=1S/C23H28ClNO3/c1-5-16(4)17-8-12-20(13-9-17)25-21(26)14-28-23(27)22(15(2)3)18-6-10-19(24)11-7-18/h6-13,15-16,22H,5,14H2,1-4H3,(H,25,26)/t16-,22-/m0/s1. The molecule has 5 heteroatoms. The van der Waals surface area contributed by atoms with E-state index in [0.29, 0.717) is 16.6 Å². The Kier molecular flexibility index (Phi) is 8.06. The molecule has 0 aliphatic carbocycles. The number of hydrogen-bond acceptors (Lipinski definition) is 3. The second kappa shape index (κ2) is 10.3. The van der Waals surface area contributed by atoms with E-state index in [1.54, 1.807) is 12.1 Å². The third kappa shape index (κ3) is 6.10. The summed E-state index contributed by atoms with van der Waals surface area (Å²) < 4.78 is 5.28. The van der Waals surface area contributed by atoms with Crippen molar-refractivity contribution in [1.82, 2.24) is 0 Å². The van der Waals surface area contributed by atoms with Crippen molar-refractivity contribution in [3.05, 3.63) is 64.7 Å². The molecular weight excluding hydrogens is 374 g/mol. The Hall–Kier alpha value is -2.33. The predicted octanol–water partition coefficient (Wildman–Crippen LogP) is 5.78. The highest BCUT2D eigenvalue weighted by molar-refractivity contribution is 6.30. The van der Waals surface area contributed by atoms with Gasteiger partial charge in [-0.2, -0.15) is 0 Å². The van der Waals surface area contributed by atoms with Crippen LogP contribution in [0.1, 0.15) is 57.1 Å². The molecular formula is C23H28ClNO3. The van der Waals surface area contributed by atoms with Crippen LogP contribution in [0.15, 0.2) is 48.5 Å². The summed E-state index contributed by atoms with van der Waals surface area (Å²) in [6.45, 7) is 7.88. The van der Waals surface area contributed by atoms with Crippen LogP contribution < -0.4 is 5.32 Å². The van der Waals surface area contributed by atoms with E-state index in [9.17, 15) is 9.59 Å². The van der Waals surface area contributed by atoms with Crippen molar-refractivity contribution in [2.75, 3.05) is 11.9 Å². The van der Waals surface area contributed by atoms with Crippen LogP contribution in [0, 0.1) is 5.92 Å². The molecule has 1 N–H and O–H groups in total. The molecule has 0 aliphatic heterocycles. The van der Waals surface area contributed by atoms with Crippen LogP contribution in [0.25, 0.3) is 0 Å². The second-order valence-corrected chi connectivity index (χ2v) is 7.80. The molecule has 0 radical (unpaired) electrons. The predicted molar refractivity (Wildman–Crippen MR) is 114 cm³/mol. The van der Waals surface area contributed by atoms with E-state index in [0.717, 1.165) is 12.0 Å². The molecule has 0 spiro atoms. The zero-order valence-electron chi connectivity index (χ0n) is 16.9. The Morgan fingerprint density at radius 2 is 1.54 bits per heavy atom. The molecule has 2 atom stereocenters. The van der Waals surface area contributed by atoms with Gasteiger partial charge in [0.1, 0.15) is 0 Å². The molecule has 2 rings (SSSR count). The largest absolute Gasteiger partial charge is 0.455 e. The number of amides is 1. The van der Waals surface area contributed by atoms with Crippen LogP contribution in [-0.2, 0) is 14.3 Å². The van der Waals surface area contributed by atoms with Gasteiger partial charge >= 0.3 is 5.97 Å². The first-order valence-corrected chi connectivity index (χ1v) is 10.0. The monoisotopic (exact) mass is 401 g/mol. The lowest BCUT2D eigenvalue weighted by Crippen LogP contribution is -2.26. The fraction of sp³-hybridized carbons (Fsp3) is 0.391. The van der Waals surface area contributed by atoms with Crippen LogP contribution in [0.4, 0.5) is 5.69 Å². The molecule has 0 fully saturated rings. The Labute approximate surface area is 172 Å². The first kappa shape index (κ1) is 22.0. The second-order valence-electron chi connectivity index (χ2n) is 7.36. The zero-order valence-corrected chi connectivity index (χ0v) is 17.6. The lowest BCUT2D eigenvalue weighted by Gasteiger charge is -2.20. The Balaban J connectivity index is 1.93. The van der Waals surface area contributed by atoms with E-state index in [1.807, 2.05) is 50.2 Å². The number of ether oxygens (including phenoxy) is 1. The van der Waals surface area contributed by atoms with Gasteiger partial charge in [-0.05, 0) is 53.6 Å². The van der Waals surface area contributed by atoms with Crippen molar-refractivity contribution >= 4 is 29.2 Å². The minimum Gasteiger partial charge on any atom is -0.455 e. The Bertz CT molecular complexity index is 784. The number of halogens is 1. The van der Waals surface area contributed by atoms with Crippen molar-refractivity contribution < 1.29 is 14.3 Å². The summed E-state index contributed by atoms with van der Waals surface area (Å²) in [5.74, 6) is -0.709. The van der Waals surface area contributed by atoms with Gasteiger partial charge in [-0.15, -0.1) is 0 Å². The minimum atomic E-state index is -0.445. The molecule has 0 saturated heterocycles. The van der Waals surface area contributed by atoms with Gasteiger partial charge in [-0.3, -0.25) is 9.59 Å². The number of carbonyl (C=O) groups is 2. The lowest BCUT2D eigenvalue weighted by atomic mass is 9.88. The maximum Gasteiger partial charge on any atom is 0.314 e. The molecule has 2 aromatic carbocycles. The third-order valence-corrected chi connectivity index (χ3v) is 5.12. The number of benzene rings is 2. The Morgan fingerprint density at radius 1 is 0.964 bits per heavy atom. The number of nitrogens with one attached hydrogen (secondary N) is 1. The van der Waals surface area contributed by atoms with Crippen LogP contribution >= 0.6 is 11.6 Å². The van der Waals surface area contributed by atoms with Gasteiger partial charge < -0.3 is 10.1 Å². The first-order valence-electron chi connectivity index (χ1n) is 9.63. The number of hydrogen-bond donors (Lipinski definition) is 1. The van der Waals surface area contributed by atoms with Gasteiger partial charge in [0, 0.05) is 10.7 Å². The number of anilines is 1. The smallest absolute Gasteiger partial charge is 0.314 e.